The summed E-state index contributed by atoms with van der Waals surface area (Å²) in [5, 5.41) is 9.39. The average Bonchev–Trinajstić information content (AvgIpc) is 2.59. The molecule has 0 bridgehead atoms. The fourth-order valence-electron chi connectivity index (χ4n) is 3.95. The summed E-state index contributed by atoms with van der Waals surface area (Å²) in [5.41, 5.74) is 0.515. The van der Waals surface area contributed by atoms with Gasteiger partial charge in [-0.25, -0.2) is 0 Å². The zero-order chi connectivity index (χ0) is 17.9. The predicted molar refractivity (Wildman–Crippen MR) is 94.5 cm³/mol. The fraction of sp³-hybridized carbons (Fsp3) is 0.600. The van der Waals surface area contributed by atoms with Gasteiger partial charge in [0.25, 0.3) is 0 Å². The van der Waals surface area contributed by atoms with Gasteiger partial charge in [-0.2, -0.15) is 0 Å². The van der Waals surface area contributed by atoms with Crippen molar-refractivity contribution in [1.29, 1.82) is 0 Å². The summed E-state index contributed by atoms with van der Waals surface area (Å²) in [6.45, 7) is 1.49. The van der Waals surface area contributed by atoms with Crippen LogP contribution in [0.5, 0.6) is 5.75 Å². The van der Waals surface area contributed by atoms with Crippen molar-refractivity contribution in [2.24, 2.45) is 11.3 Å². The molecule has 0 spiro atoms. The van der Waals surface area contributed by atoms with E-state index in [0.717, 1.165) is 44.5 Å². The van der Waals surface area contributed by atoms with Gasteiger partial charge in [-0.05, 0) is 55.7 Å². The van der Waals surface area contributed by atoms with Crippen LogP contribution in [0.25, 0.3) is 0 Å². The fourth-order valence-corrected chi connectivity index (χ4v) is 3.95. The molecule has 1 saturated carbocycles. The van der Waals surface area contributed by atoms with Crippen LogP contribution in [0.4, 0.5) is 0 Å². The quantitative estimate of drug-likeness (QED) is 0.860. The van der Waals surface area contributed by atoms with Gasteiger partial charge in [0.05, 0.1) is 12.5 Å². The number of carboxylic acid groups (broad SMARTS) is 1. The number of aliphatic carboxylic acids is 1. The number of methoxy groups -OCH3 is 1. The molecule has 1 amide bonds. The van der Waals surface area contributed by atoms with Crippen molar-refractivity contribution in [1.82, 2.24) is 4.90 Å². The lowest BCUT2D eigenvalue weighted by atomic mass is 9.66. The first kappa shape index (κ1) is 17.8. The molecule has 2 aliphatic rings. The number of hydrogen-bond acceptors (Lipinski definition) is 3. The van der Waals surface area contributed by atoms with Crippen LogP contribution in [0.15, 0.2) is 24.3 Å². The van der Waals surface area contributed by atoms with E-state index in [9.17, 15) is 14.7 Å². The second kappa shape index (κ2) is 7.46. The smallest absolute Gasteiger partial charge is 0.310 e. The number of rotatable bonds is 6. The van der Waals surface area contributed by atoms with Gasteiger partial charge in [-0.1, -0.05) is 18.6 Å². The molecule has 1 aromatic carbocycles. The topological polar surface area (TPSA) is 66.8 Å². The van der Waals surface area contributed by atoms with E-state index in [-0.39, 0.29) is 12.3 Å². The van der Waals surface area contributed by atoms with E-state index in [0.29, 0.717) is 18.8 Å². The van der Waals surface area contributed by atoms with Crippen LogP contribution >= 0.6 is 0 Å². The molecule has 3 rings (SSSR count). The van der Waals surface area contributed by atoms with Gasteiger partial charge < -0.3 is 14.7 Å². The predicted octanol–water partition coefficient (Wildman–Crippen LogP) is 3.12. The Morgan fingerprint density at radius 3 is 2.32 bits per heavy atom. The molecule has 0 unspecified atom stereocenters. The third kappa shape index (κ3) is 3.97. The number of piperidine rings is 1. The lowest BCUT2D eigenvalue weighted by molar-refractivity contribution is -0.159. The summed E-state index contributed by atoms with van der Waals surface area (Å²) in [6, 6.07) is 8.17. The van der Waals surface area contributed by atoms with E-state index in [2.05, 4.69) is 12.1 Å². The first-order valence-corrected chi connectivity index (χ1v) is 9.16. The third-order valence-corrected chi connectivity index (χ3v) is 5.90. The Labute approximate surface area is 149 Å². The van der Waals surface area contributed by atoms with E-state index in [1.54, 1.807) is 7.11 Å². The Morgan fingerprint density at radius 1 is 1.20 bits per heavy atom. The zero-order valence-electron chi connectivity index (χ0n) is 14.9. The first-order valence-electron chi connectivity index (χ1n) is 9.16. The molecule has 1 heterocycles. The van der Waals surface area contributed by atoms with Crippen molar-refractivity contribution < 1.29 is 19.4 Å². The molecule has 2 fully saturated rings. The molecule has 136 valence electrons. The van der Waals surface area contributed by atoms with Gasteiger partial charge in [0.15, 0.2) is 0 Å². The zero-order valence-corrected chi connectivity index (χ0v) is 14.9. The van der Waals surface area contributed by atoms with Crippen LogP contribution in [0.2, 0.25) is 0 Å². The highest BCUT2D eigenvalue weighted by molar-refractivity contribution is 5.85. The van der Waals surface area contributed by atoms with E-state index in [4.69, 9.17) is 4.74 Å². The lowest BCUT2D eigenvalue weighted by Crippen LogP contribution is -2.46. The molecule has 0 atom stereocenters. The third-order valence-electron chi connectivity index (χ3n) is 5.90. The monoisotopic (exact) mass is 345 g/mol. The summed E-state index contributed by atoms with van der Waals surface area (Å²) in [5.74, 6) is 0.661. The molecule has 1 saturated heterocycles. The van der Waals surface area contributed by atoms with Crippen LogP contribution in [0.1, 0.15) is 44.1 Å². The molecule has 5 heteroatoms. The Bertz CT molecular complexity index is 613. The molecule has 25 heavy (non-hydrogen) atoms. The summed E-state index contributed by atoms with van der Waals surface area (Å²) in [7, 11) is 1.67. The van der Waals surface area contributed by atoms with Crippen molar-refractivity contribution in [3.8, 4) is 5.75 Å². The van der Waals surface area contributed by atoms with Crippen molar-refractivity contribution in [3.05, 3.63) is 29.8 Å². The van der Waals surface area contributed by atoms with Crippen molar-refractivity contribution in [2.75, 3.05) is 20.2 Å². The molecular formula is C20H27NO4. The molecule has 1 N–H and O–H groups in total. The summed E-state index contributed by atoms with van der Waals surface area (Å²) >= 11 is 0. The van der Waals surface area contributed by atoms with Crippen LogP contribution in [0, 0.1) is 11.3 Å². The Kier molecular flexibility index (Phi) is 5.30. The molecular weight excluding hydrogens is 318 g/mol. The minimum absolute atomic E-state index is 0.0185. The van der Waals surface area contributed by atoms with Crippen LogP contribution < -0.4 is 4.74 Å². The second-order valence-electron chi connectivity index (χ2n) is 7.49. The van der Waals surface area contributed by atoms with Crippen LogP contribution in [-0.2, 0) is 16.0 Å². The molecule has 1 aromatic rings. The summed E-state index contributed by atoms with van der Waals surface area (Å²) in [4.78, 5) is 25.8. The van der Waals surface area contributed by atoms with Crippen LogP contribution in [-0.4, -0.2) is 42.1 Å². The number of ether oxygens (including phenoxy) is 1. The molecule has 0 radical (unpaired) electrons. The van der Waals surface area contributed by atoms with E-state index in [1.807, 2.05) is 17.0 Å². The first-order chi connectivity index (χ1) is 12.0. The maximum atomic E-state index is 12.5. The van der Waals surface area contributed by atoms with Gasteiger partial charge in [-0.3, -0.25) is 9.59 Å². The maximum absolute atomic E-state index is 12.5. The van der Waals surface area contributed by atoms with Gasteiger partial charge in [0.1, 0.15) is 5.75 Å². The van der Waals surface area contributed by atoms with Gasteiger partial charge in [-0.15, -0.1) is 0 Å². The number of hydrogen-bond donors (Lipinski definition) is 1. The maximum Gasteiger partial charge on any atom is 0.310 e. The second-order valence-corrected chi connectivity index (χ2v) is 7.49. The number of carbonyl (C=O) groups is 2. The summed E-state index contributed by atoms with van der Waals surface area (Å²) in [6.07, 6.45) is 5.36. The van der Waals surface area contributed by atoms with Gasteiger partial charge >= 0.3 is 5.97 Å². The number of benzene rings is 1. The Morgan fingerprint density at radius 2 is 1.84 bits per heavy atom. The number of nitrogens with zero attached hydrogens (tertiary/aromatic N) is 1. The number of carboxylic acids is 1. The number of likely N-dealkylation sites (tertiary alicyclic amines) is 1. The number of amides is 1. The lowest BCUT2D eigenvalue weighted by Gasteiger charge is -2.40. The molecule has 5 nitrogen and oxygen atoms in total. The van der Waals surface area contributed by atoms with E-state index in [1.165, 1.54) is 5.56 Å². The number of carbonyl (C=O) groups excluding carboxylic acids is 1. The molecule has 1 aliphatic heterocycles. The van der Waals surface area contributed by atoms with Gasteiger partial charge in [0.2, 0.25) is 5.91 Å². The van der Waals surface area contributed by atoms with Crippen molar-refractivity contribution >= 4 is 11.9 Å². The highest BCUT2D eigenvalue weighted by atomic mass is 16.5. The van der Waals surface area contributed by atoms with Crippen molar-refractivity contribution in [3.63, 3.8) is 0 Å². The van der Waals surface area contributed by atoms with E-state index < -0.39 is 11.4 Å². The summed E-state index contributed by atoms with van der Waals surface area (Å²) < 4.78 is 5.18. The van der Waals surface area contributed by atoms with Crippen LogP contribution in [0.3, 0.4) is 0 Å². The van der Waals surface area contributed by atoms with Gasteiger partial charge in [0, 0.05) is 19.5 Å². The SMILES string of the molecule is COc1ccc(CC2CCN(C(=O)CC3(C(=O)O)CCC3)CC2)cc1. The average molecular weight is 345 g/mol. The minimum Gasteiger partial charge on any atom is -0.497 e. The highest BCUT2D eigenvalue weighted by Crippen LogP contribution is 2.44. The largest absolute Gasteiger partial charge is 0.497 e. The Balaban J connectivity index is 1.48. The van der Waals surface area contributed by atoms with E-state index >= 15 is 0 Å². The standard InChI is InChI=1S/C20H27NO4/c1-25-17-5-3-15(4-6-17)13-16-7-11-21(12-8-16)18(22)14-20(19(23)24)9-2-10-20/h3-6,16H,2,7-14H2,1H3,(H,23,24). The Hall–Kier alpha value is -2.04. The molecule has 1 aliphatic carbocycles. The minimum atomic E-state index is -0.804. The molecule has 0 aromatic heterocycles. The highest BCUT2D eigenvalue weighted by Gasteiger charge is 2.46. The van der Waals surface area contributed by atoms with Crippen molar-refractivity contribution in [2.45, 2.75) is 44.9 Å². The normalized spacial score (nSPS) is 20.0.